The summed E-state index contributed by atoms with van der Waals surface area (Å²) in [6.07, 6.45) is 3.29. The second-order valence-electron chi connectivity index (χ2n) is 6.41. The third-order valence-corrected chi connectivity index (χ3v) is 5.51. The topological polar surface area (TPSA) is 70.7 Å². The van der Waals surface area contributed by atoms with Crippen molar-refractivity contribution in [2.45, 2.75) is 19.9 Å². The van der Waals surface area contributed by atoms with Crippen LogP contribution in [0.4, 0.5) is 5.82 Å². The number of anilines is 1. The van der Waals surface area contributed by atoms with Crippen LogP contribution in [0.2, 0.25) is 5.02 Å². The lowest BCUT2D eigenvalue weighted by molar-refractivity contribution is 0.856. The highest BCUT2D eigenvalue weighted by atomic mass is 35.5. The molecule has 0 amide bonds. The van der Waals surface area contributed by atoms with Gasteiger partial charge < -0.3 is 10.3 Å². The first-order valence-corrected chi connectivity index (χ1v) is 9.77. The van der Waals surface area contributed by atoms with Gasteiger partial charge in [0.25, 0.3) is 5.56 Å². The minimum absolute atomic E-state index is 0.179. The van der Waals surface area contributed by atoms with Gasteiger partial charge in [0.1, 0.15) is 11.5 Å². The SMILES string of the molecule is Cc1cscc1-c1ccnc(N[C@@H](C)c2cc3cc(Cl)cnc3[nH]c2=O)c1. The predicted molar refractivity (Wildman–Crippen MR) is 112 cm³/mol. The van der Waals surface area contributed by atoms with Crippen molar-refractivity contribution in [1.29, 1.82) is 0 Å². The highest BCUT2D eigenvalue weighted by Crippen LogP contribution is 2.28. The Kier molecular flexibility index (Phi) is 4.68. The standard InChI is InChI=1S/C20H17ClN4OS/c1-11-9-27-10-17(11)13-3-4-22-18(7-13)24-12(2)16-6-14-5-15(21)8-23-19(14)25-20(16)26/h3-10,12H,1-2H3,(H,22,24)(H,23,25,26)/t12-/m0/s1. The molecule has 1 atom stereocenters. The van der Waals surface area contributed by atoms with Crippen LogP contribution in [0.1, 0.15) is 24.1 Å². The number of halogens is 1. The average molecular weight is 397 g/mol. The van der Waals surface area contributed by atoms with Crippen LogP contribution in [0.15, 0.2) is 52.2 Å². The van der Waals surface area contributed by atoms with Gasteiger partial charge in [-0.05, 0) is 65.6 Å². The Labute approximate surface area is 165 Å². The molecule has 0 spiro atoms. The maximum absolute atomic E-state index is 12.5. The Morgan fingerprint density at radius 3 is 2.85 bits per heavy atom. The molecule has 4 rings (SSSR count). The fourth-order valence-corrected chi connectivity index (χ4v) is 4.06. The lowest BCUT2D eigenvalue weighted by Crippen LogP contribution is -2.20. The van der Waals surface area contributed by atoms with Gasteiger partial charge in [0.2, 0.25) is 0 Å². The number of hydrogen-bond donors (Lipinski definition) is 2. The molecule has 4 heterocycles. The van der Waals surface area contributed by atoms with Gasteiger partial charge in [-0.3, -0.25) is 4.79 Å². The van der Waals surface area contributed by atoms with Crippen molar-refractivity contribution in [2.75, 3.05) is 5.32 Å². The zero-order chi connectivity index (χ0) is 19.0. The molecule has 0 unspecified atom stereocenters. The molecule has 0 aliphatic heterocycles. The van der Waals surface area contributed by atoms with E-state index in [2.05, 4.69) is 38.0 Å². The number of aromatic amines is 1. The quantitative estimate of drug-likeness (QED) is 0.498. The van der Waals surface area contributed by atoms with Crippen LogP contribution in [0, 0.1) is 6.92 Å². The molecule has 136 valence electrons. The third-order valence-electron chi connectivity index (χ3n) is 4.45. The fourth-order valence-electron chi connectivity index (χ4n) is 3.04. The van der Waals surface area contributed by atoms with E-state index in [-0.39, 0.29) is 11.6 Å². The summed E-state index contributed by atoms with van der Waals surface area (Å²) >= 11 is 7.70. The van der Waals surface area contributed by atoms with Gasteiger partial charge in [0, 0.05) is 23.3 Å². The van der Waals surface area contributed by atoms with E-state index in [0.29, 0.717) is 22.1 Å². The third kappa shape index (κ3) is 3.59. The van der Waals surface area contributed by atoms with E-state index in [0.717, 1.165) is 10.9 Å². The molecule has 27 heavy (non-hydrogen) atoms. The van der Waals surface area contributed by atoms with E-state index in [1.54, 1.807) is 23.6 Å². The number of pyridine rings is 3. The van der Waals surface area contributed by atoms with E-state index in [4.69, 9.17) is 11.6 Å². The molecule has 0 bridgehead atoms. The summed E-state index contributed by atoms with van der Waals surface area (Å²) in [5.74, 6) is 0.717. The number of aryl methyl sites for hydroxylation is 1. The summed E-state index contributed by atoms with van der Waals surface area (Å²) in [5, 5.41) is 8.89. The summed E-state index contributed by atoms with van der Waals surface area (Å²) in [7, 11) is 0. The summed E-state index contributed by atoms with van der Waals surface area (Å²) < 4.78 is 0. The van der Waals surface area contributed by atoms with E-state index >= 15 is 0 Å². The smallest absolute Gasteiger partial charge is 0.254 e. The predicted octanol–water partition coefficient (Wildman–Crippen LogP) is 5.18. The van der Waals surface area contributed by atoms with E-state index in [9.17, 15) is 4.79 Å². The molecule has 0 fully saturated rings. The first-order valence-electron chi connectivity index (χ1n) is 8.45. The largest absolute Gasteiger partial charge is 0.363 e. The Hall–Kier alpha value is -2.70. The molecule has 0 radical (unpaired) electrons. The highest BCUT2D eigenvalue weighted by molar-refractivity contribution is 7.08. The van der Waals surface area contributed by atoms with E-state index < -0.39 is 0 Å². The van der Waals surface area contributed by atoms with Crippen LogP contribution >= 0.6 is 22.9 Å². The maximum atomic E-state index is 12.5. The molecule has 0 saturated carbocycles. The Balaban J connectivity index is 1.65. The summed E-state index contributed by atoms with van der Waals surface area (Å²) in [6.45, 7) is 4.02. The highest BCUT2D eigenvalue weighted by Gasteiger charge is 2.13. The minimum atomic E-state index is -0.233. The molecule has 2 N–H and O–H groups in total. The van der Waals surface area contributed by atoms with E-state index in [1.165, 1.54) is 17.3 Å². The van der Waals surface area contributed by atoms with Crippen molar-refractivity contribution in [2.24, 2.45) is 0 Å². The molecule has 0 aromatic carbocycles. The molecule has 5 nitrogen and oxygen atoms in total. The number of H-pyrrole nitrogens is 1. The fraction of sp³-hybridized carbons (Fsp3) is 0.150. The lowest BCUT2D eigenvalue weighted by Gasteiger charge is -2.15. The number of nitrogens with zero attached hydrogens (tertiary/aromatic N) is 2. The van der Waals surface area contributed by atoms with Gasteiger partial charge in [-0.2, -0.15) is 11.3 Å². The average Bonchev–Trinajstić information content (AvgIpc) is 3.07. The number of nitrogens with one attached hydrogen (secondary N) is 2. The van der Waals surface area contributed by atoms with Gasteiger partial charge in [-0.15, -0.1) is 0 Å². The summed E-state index contributed by atoms with van der Waals surface area (Å²) in [4.78, 5) is 23.8. The Bertz CT molecular complexity index is 1180. The van der Waals surface area contributed by atoms with Crippen LogP contribution < -0.4 is 10.9 Å². The number of hydrogen-bond acceptors (Lipinski definition) is 5. The molecular formula is C20H17ClN4OS. The van der Waals surface area contributed by atoms with Crippen LogP contribution in [0.5, 0.6) is 0 Å². The molecule has 0 saturated heterocycles. The second kappa shape index (κ2) is 7.13. The van der Waals surface area contributed by atoms with Crippen molar-refractivity contribution < 1.29 is 0 Å². The summed E-state index contributed by atoms with van der Waals surface area (Å²) in [6, 6.07) is 7.36. The number of rotatable bonds is 4. The minimum Gasteiger partial charge on any atom is -0.363 e. The Morgan fingerprint density at radius 1 is 1.22 bits per heavy atom. The zero-order valence-electron chi connectivity index (χ0n) is 14.8. The van der Waals surface area contributed by atoms with Crippen molar-refractivity contribution >= 4 is 39.8 Å². The monoisotopic (exact) mass is 396 g/mol. The van der Waals surface area contributed by atoms with Gasteiger partial charge >= 0.3 is 0 Å². The molecule has 0 aliphatic carbocycles. The van der Waals surface area contributed by atoms with Crippen molar-refractivity contribution in [3.63, 3.8) is 0 Å². The van der Waals surface area contributed by atoms with E-state index in [1.807, 2.05) is 25.1 Å². The molecule has 7 heteroatoms. The van der Waals surface area contributed by atoms with Crippen LogP contribution in [-0.4, -0.2) is 15.0 Å². The molecule has 0 aliphatic rings. The first-order chi connectivity index (χ1) is 13.0. The van der Waals surface area contributed by atoms with Crippen molar-refractivity contribution in [1.82, 2.24) is 15.0 Å². The van der Waals surface area contributed by atoms with Crippen LogP contribution in [0.25, 0.3) is 22.2 Å². The summed E-state index contributed by atoms with van der Waals surface area (Å²) in [5.41, 5.74) is 4.48. The maximum Gasteiger partial charge on any atom is 0.254 e. The number of thiophene rings is 1. The van der Waals surface area contributed by atoms with Crippen LogP contribution in [-0.2, 0) is 0 Å². The lowest BCUT2D eigenvalue weighted by atomic mass is 10.1. The van der Waals surface area contributed by atoms with Gasteiger partial charge in [-0.1, -0.05) is 11.6 Å². The van der Waals surface area contributed by atoms with Gasteiger partial charge in [0.15, 0.2) is 0 Å². The molecule has 4 aromatic heterocycles. The second-order valence-corrected chi connectivity index (χ2v) is 7.59. The van der Waals surface area contributed by atoms with Crippen LogP contribution in [0.3, 0.4) is 0 Å². The normalized spacial score (nSPS) is 12.3. The van der Waals surface area contributed by atoms with Gasteiger partial charge in [-0.25, -0.2) is 9.97 Å². The number of aromatic nitrogens is 3. The molecular weight excluding hydrogens is 380 g/mol. The first kappa shape index (κ1) is 17.7. The van der Waals surface area contributed by atoms with Gasteiger partial charge in [0.05, 0.1) is 11.1 Å². The zero-order valence-corrected chi connectivity index (χ0v) is 16.4. The van der Waals surface area contributed by atoms with Crippen molar-refractivity contribution in [3.8, 4) is 11.1 Å². The molecule has 4 aromatic rings. The number of fused-ring (bicyclic) bond motifs is 1. The van der Waals surface area contributed by atoms with Crippen molar-refractivity contribution in [3.05, 3.63) is 73.9 Å². The Morgan fingerprint density at radius 2 is 2.07 bits per heavy atom.